The number of halogens is 1. The van der Waals surface area contributed by atoms with Gasteiger partial charge in [0.25, 0.3) is 5.91 Å². The number of ketones is 1. The second-order valence-electron chi connectivity index (χ2n) is 5.29. The Bertz CT molecular complexity index is 709. The summed E-state index contributed by atoms with van der Waals surface area (Å²) in [4.78, 5) is 23.4. The van der Waals surface area contributed by atoms with E-state index in [1.807, 2.05) is 18.2 Å². The molecule has 0 aliphatic heterocycles. The monoisotopic (exact) mass is 319 g/mol. The van der Waals surface area contributed by atoms with Crippen molar-refractivity contribution in [2.75, 3.05) is 0 Å². The number of amides is 1. The summed E-state index contributed by atoms with van der Waals surface area (Å²) in [6, 6.07) is 7.08. The third-order valence-electron chi connectivity index (χ3n) is 3.31. The quantitative estimate of drug-likeness (QED) is 0.921. The van der Waals surface area contributed by atoms with Gasteiger partial charge in [0.15, 0.2) is 0 Å². The van der Waals surface area contributed by atoms with Crippen LogP contribution in [0, 0.1) is 6.92 Å². The molecule has 5 nitrogen and oxygen atoms in total. The number of rotatable bonds is 5. The van der Waals surface area contributed by atoms with E-state index in [9.17, 15) is 9.59 Å². The zero-order valence-electron chi connectivity index (χ0n) is 12.8. The van der Waals surface area contributed by atoms with Crippen LogP contribution in [0.3, 0.4) is 0 Å². The first-order valence-electron chi connectivity index (χ1n) is 7.00. The molecule has 116 valence electrons. The largest absolute Gasteiger partial charge is 0.349 e. The molecular weight excluding hydrogens is 302 g/mol. The summed E-state index contributed by atoms with van der Waals surface area (Å²) in [5, 5.41) is 7.60. The Hall–Kier alpha value is -2.14. The maximum absolute atomic E-state index is 12.3. The highest BCUT2D eigenvalue weighted by Gasteiger charge is 2.18. The number of aromatic nitrogens is 2. The smallest absolute Gasteiger partial charge is 0.254 e. The number of hydrogen-bond donors (Lipinski definition) is 1. The van der Waals surface area contributed by atoms with Crippen LogP contribution in [-0.4, -0.2) is 27.5 Å². The van der Waals surface area contributed by atoms with Crippen LogP contribution in [0.5, 0.6) is 0 Å². The molecule has 0 unspecified atom stereocenters. The van der Waals surface area contributed by atoms with Gasteiger partial charge < -0.3 is 5.32 Å². The fraction of sp³-hybridized carbons (Fsp3) is 0.312. The molecule has 0 saturated heterocycles. The van der Waals surface area contributed by atoms with Crippen molar-refractivity contribution in [3.05, 3.63) is 46.7 Å². The Morgan fingerprint density at radius 3 is 2.68 bits per heavy atom. The van der Waals surface area contributed by atoms with Gasteiger partial charge in [0.2, 0.25) is 0 Å². The molecule has 1 heterocycles. The molecule has 1 amide bonds. The van der Waals surface area contributed by atoms with E-state index < -0.39 is 0 Å². The van der Waals surface area contributed by atoms with E-state index in [-0.39, 0.29) is 17.7 Å². The normalized spacial score (nSPS) is 12.0. The molecule has 2 aromatic rings. The lowest BCUT2D eigenvalue weighted by atomic mass is 10.1. The standard InChI is InChI=1S/C16H18ClN3O2/c1-10(8-11(2)21)19-16(22)13-9-18-20(12(13)3)15-7-5-4-6-14(15)17/h4-7,9-10H,8H2,1-3H3,(H,19,22)/t10-/m1/s1. The van der Waals surface area contributed by atoms with Crippen LogP contribution in [0.2, 0.25) is 5.02 Å². The van der Waals surface area contributed by atoms with E-state index in [0.29, 0.717) is 22.7 Å². The first kappa shape index (κ1) is 16.2. The van der Waals surface area contributed by atoms with Crippen LogP contribution in [0.25, 0.3) is 5.69 Å². The van der Waals surface area contributed by atoms with Crippen molar-refractivity contribution in [1.82, 2.24) is 15.1 Å². The molecular formula is C16H18ClN3O2. The summed E-state index contributed by atoms with van der Waals surface area (Å²) in [5.74, 6) is -0.208. The van der Waals surface area contributed by atoms with Crippen LogP contribution in [0.15, 0.2) is 30.5 Å². The lowest BCUT2D eigenvalue weighted by Crippen LogP contribution is -2.34. The number of carbonyl (C=O) groups is 2. The zero-order chi connectivity index (χ0) is 16.3. The van der Waals surface area contributed by atoms with E-state index in [2.05, 4.69) is 10.4 Å². The number of nitrogens with zero attached hydrogens (tertiary/aromatic N) is 2. The highest BCUT2D eigenvalue weighted by atomic mass is 35.5. The second kappa shape index (κ2) is 6.75. The minimum absolute atomic E-state index is 0.0382. The Morgan fingerprint density at radius 1 is 1.36 bits per heavy atom. The average molecular weight is 320 g/mol. The maximum Gasteiger partial charge on any atom is 0.254 e. The summed E-state index contributed by atoms with van der Waals surface area (Å²) in [6.45, 7) is 5.11. The van der Waals surface area contributed by atoms with Crippen LogP contribution in [0.4, 0.5) is 0 Å². The number of Topliss-reactive ketones (excluding diaryl/α,β-unsaturated/α-hetero) is 1. The molecule has 1 aromatic heterocycles. The first-order chi connectivity index (χ1) is 10.4. The van der Waals surface area contributed by atoms with Gasteiger partial charge in [0.05, 0.1) is 28.2 Å². The highest BCUT2D eigenvalue weighted by molar-refractivity contribution is 6.32. The summed E-state index contributed by atoms with van der Waals surface area (Å²) >= 11 is 6.16. The molecule has 0 aliphatic carbocycles. The van der Waals surface area contributed by atoms with Gasteiger partial charge in [-0.3, -0.25) is 9.59 Å². The first-order valence-corrected chi connectivity index (χ1v) is 7.37. The molecule has 0 aliphatic rings. The molecule has 2 rings (SSSR count). The van der Waals surface area contributed by atoms with Crippen LogP contribution in [0.1, 0.15) is 36.3 Å². The number of carbonyl (C=O) groups excluding carboxylic acids is 2. The second-order valence-corrected chi connectivity index (χ2v) is 5.69. The van der Waals surface area contributed by atoms with Gasteiger partial charge in [-0.25, -0.2) is 4.68 Å². The van der Waals surface area contributed by atoms with Crippen LogP contribution >= 0.6 is 11.6 Å². The van der Waals surface area contributed by atoms with E-state index in [0.717, 1.165) is 5.69 Å². The van der Waals surface area contributed by atoms with E-state index in [4.69, 9.17) is 11.6 Å². The molecule has 1 atom stereocenters. The SMILES string of the molecule is CC(=O)C[C@@H](C)NC(=O)c1cnn(-c2ccccc2Cl)c1C. The Balaban J connectivity index is 2.23. The van der Waals surface area contributed by atoms with Crippen molar-refractivity contribution in [1.29, 1.82) is 0 Å². The van der Waals surface area contributed by atoms with Crippen LogP contribution in [-0.2, 0) is 4.79 Å². The topological polar surface area (TPSA) is 64.0 Å². The van der Waals surface area contributed by atoms with Gasteiger partial charge in [-0.05, 0) is 32.9 Å². The van der Waals surface area contributed by atoms with Crippen molar-refractivity contribution < 1.29 is 9.59 Å². The predicted molar refractivity (Wildman–Crippen MR) is 85.5 cm³/mol. The molecule has 0 radical (unpaired) electrons. The zero-order valence-corrected chi connectivity index (χ0v) is 13.5. The minimum atomic E-state index is -0.246. The van der Waals surface area contributed by atoms with Gasteiger partial charge in [0, 0.05) is 12.5 Å². The molecule has 1 aromatic carbocycles. The Labute approximate surface area is 134 Å². The number of nitrogens with one attached hydrogen (secondary N) is 1. The van der Waals surface area contributed by atoms with Crippen molar-refractivity contribution in [3.63, 3.8) is 0 Å². The fourth-order valence-corrected chi connectivity index (χ4v) is 2.50. The Morgan fingerprint density at radius 2 is 2.05 bits per heavy atom. The number of para-hydroxylation sites is 1. The molecule has 0 saturated carbocycles. The average Bonchev–Trinajstić information content (AvgIpc) is 2.80. The summed E-state index contributed by atoms with van der Waals surface area (Å²) in [7, 11) is 0. The van der Waals surface area contributed by atoms with Crippen LogP contribution < -0.4 is 5.32 Å². The highest BCUT2D eigenvalue weighted by Crippen LogP contribution is 2.22. The van der Waals surface area contributed by atoms with Gasteiger partial charge in [0.1, 0.15) is 5.78 Å². The summed E-state index contributed by atoms with van der Waals surface area (Å²) in [6.07, 6.45) is 1.82. The fourth-order valence-electron chi connectivity index (χ4n) is 2.28. The number of benzene rings is 1. The minimum Gasteiger partial charge on any atom is -0.349 e. The molecule has 0 spiro atoms. The van der Waals surface area contributed by atoms with Crippen molar-refractivity contribution >= 4 is 23.3 Å². The van der Waals surface area contributed by atoms with Crippen molar-refractivity contribution in [2.24, 2.45) is 0 Å². The third-order valence-corrected chi connectivity index (χ3v) is 3.63. The van der Waals surface area contributed by atoms with E-state index in [1.54, 1.807) is 24.6 Å². The summed E-state index contributed by atoms with van der Waals surface area (Å²) in [5.41, 5.74) is 1.88. The van der Waals surface area contributed by atoms with Crippen molar-refractivity contribution in [2.45, 2.75) is 33.2 Å². The van der Waals surface area contributed by atoms with Gasteiger partial charge in [-0.2, -0.15) is 5.10 Å². The van der Waals surface area contributed by atoms with Gasteiger partial charge in [-0.15, -0.1) is 0 Å². The predicted octanol–water partition coefficient (Wildman–Crippen LogP) is 2.93. The summed E-state index contributed by atoms with van der Waals surface area (Å²) < 4.78 is 1.63. The molecule has 1 N–H and O–H groups in total. The van der Waals surface area contributed by atoms with Crippen molar-refractivity contribution in [3.8, 4) is 5.69 Å². The molecule has 6 heteroatoms. The lowest BCUT2D eigenvalue weighted by Gasteiger charge is -2.12. The molecule has 0 fully saturated rings. The van der Waals surface area contributed by atoms with E-state index in [1.165, 1.54) is 13.1 Å². The third kappa shape index (κ3) is 3.54. The van der Waals surface area contributed by atoms with Gasteiger partial charge in [-0.1, -0.05) is 23.7 Å². The number of hydrogen-bond acceptors (Lipinski definition) is 3. The van der Waals surface area contributed by atoms with Gasteiger partial charge >= 0.3 is 0 Å². The van der Waals surface area contributed by atoms with E-state index >= 15 is 0 Å². The molecule has 22 heavy (non-hydrogen) atoms. The Kier molecular flexibility index (Phi) is 4.98. The maximum atomic E-state index is 12.3. The molecule has 0 bridgehead atoms. The lowest BCUT2D eigenvalue weighted by molar-refractivity contribution is -0.117.